The first-order chi connectivity index (χ1) is 14.2. The molecule has 0 saturated carbocycles. The van der Waals surface area contributed by atoms with Gasteiger partial charge in [0.05, 0.1) is 12.2 Å². The molecule has 1 fully saturated rings. The maximum Gasteiger partial charge on any atom is 0.226 e. The number of piperazine rings is 1. The van der Waals surface area contributed by atoms with Crippen molar-refractivity contribution < 1.29 is 4.42 Å². The number of nitrogens with one attached hydrogen (secondary N) is 1. The van der Waals surface area contributed by atoms with Crippen LogP contribution in [-0.4, -0.2) is 54.1 Å². The Balaban J connectivity index is 0.00000256. The third kappa shape index (κ3) is 5.29. The quantitative estimate of drug-likeness (QED) is 0.324. The third-order valence-corrected chi connectivity index (χ3v) is 5.04. The van der Waals surface area contributed by atoms with Crippen LogP contribution in [0.5, 0.6) is 0 Å². The van der Waals surface area contributed by atoms with Crippen LogP contribution >= 0.6 is 24.0 Å². The standard InChI is InChI=1S/C22H26N6O.HI/c1-17-6-8-18(9-7-17)21-26-19(16-29-21)15-25-22(23-2)28-13-11-27(12-14-28)20-5-3-4-10-24-20;/h3-10,16H,11-15H2,1-2H3,(H,23,25);1H. The molecule has 4 rings (SSSR count). The smallest absolute Gasteiger partial charge is 0.226 e. The van der Waals surface area contributed by atoms with E-state index >= 15 is 0 Å². The molecule has 1 aliphatic rings. The Morgan fingerprint density at radius 1 is 1.10 bits per heavy atom. The van der Waals surface area contributed by atoms with Crippen molar-refractivity contribution in [2.45, 2.75) is 13.5 Å². The van der Waals surface area contributed by atoms with Crippen molar-refractivity contribution >= 4 is 35.8 Å². The average molecular weight is 518 g/mol. The number of benzene rings is 1. The van der Waals surface area contributed by atoms with E-state index in [4.69, 9.17) is 4.42 Å². The molecule has 3 aromatic rings. The monoisotopic (exact) mass is 518 g/mol. The predicted molar refractivity (Wildman–Crippen MR) is 130 cm³/mol. The molecule has 0 atom stereocenters. The zero-order valence-electron chi connectivity index (χ0n) is 17.3. The number of aliphatic imine (C=N–C) groups is 1. The molecule has 1 aliphatic heterocycles. The van der Waals surface area contributed by atoms with Crippen LogP contribution in [-0.2, 0) is 6.54 Å². The average Bonchev–Trinajstić information content (AvgIpc) is 3.25. The summed E-state index contributed by atoms with van der Waals surface area (Å²) < 4.78 is 5.65. The first kappa shape index (κ1) is 22.1. The summed E-state index contributed by atoms with van der Waals surface area (Å²) in [5.74, 6) is 2.55. The fourth-order valence-corrected chi connectivity index (χ4v) is 3.41. The van der Waals surface area contributed by atoms with Gasteiger partial charge in [0.25, 0.3) is 0 Å². The van der Waals surface area contributed by atoms with Gasteiger partial charge in [-0.25, -0.2) is 9.97 Å². The molecule has 1 saturated heterocycles. The second kappa shape index (κ2) is 10.4. The highest BCUT2D eigenvalue weighted by atomic mass is 127. The molecule has 3 heterocycles. The number of aryl methyl sites for hydroxylation is 1. The largest absolute Gasteiger partial charge is 0.444 e. The molecule has 0 bridgehead atoms. The Morgan fingerprint density at radius 3 is 2.53 bits per heavy atom. The van der Waals surface area contributed by atoms with Crippen molar-refractivity contribution in [2.75, 3.05) is 38.1 Å². The molecule has 0 spiro atoms. The summed E-state index contributed by atoms with van der Waals surface area (Å²) in [6.07, 6.45) is 3.54. The van der Waals surface area contributed by atoms with E-state index in [1.807, 2.05) is 37.5 Å². The number of hydrogen-bond donors (Lipinski definition) is 1. The molecule has 2 aromatic heterocycles. The van der Waals surface area contributed by atoms with Gasteiger partial charge >= 0.3 is 0 Å². The van der Waals surface area contributed by atoms with Crippen molar-refractivity contribution in [3.05, 3.63) is 66.2 Å². The molecule has 0 aliphatic carbocycles. The minimum atomic E-state index is 0. The molecular formula is C22H27IN6O. The summed E-state index contributed by atoms with van der Waals surface area (Å²) >= 11 is 0. The normalized spacial score (nSPS) is 14.4. The van der Waals surface area contributed by atoms with Crippen LogP contribution in [0.25, 0.3) is 11.5 Å². The number of guanidine groups is 1. The number of hydrogen-bond acceptors (Lipinski definition) is 5. The van der Waals surface area contributed by atoms with E-state index in [1.54, 1.807) is 6.26 Å². The van der Waals surface area contributed by atoms with E-state index in [0.29, 0.717) is 12.4 Å². The van der Waals surface area contributed by atoms with E-state index in [0.717, 1.165) is 49.2 Å². The molecule has 1 aromatic carbocycles. The Kier molecular flexibility index (Phi) is 7.67. The fourth-order valence-electron chi connectivity index (χ4n) is 3.41. The highest BCUT2D eigenvalue weighted by molar-refractivity contribution is 14.0. The fraction of sp³-hybridized carbons (Fsp3) is 0.318. The first-order valence-corrected chi connectivity index (χ1v) is 9.86. The van der Waals surface area contributed by atoms with E-state index < -0.39 is 0 Å². The Bertz CT molecular complexity index is 949. The lowest BCUT2D eigenvalue weighted by molar-refractivity contribution is 0.371. The van der Waals surface area contributed by atoms with Gasteiger partial charge in [-0.05, 0) is 31.2 Å². The van der Waals surface area contributed by atoms with Crippen LogP contribution < -0.4 is 10.2 Å². The summed E-state index contributed by atoms with van der Waals surface area (Å²) in [5.41, 5.74) is 3.06. The molecule has 1 N–H and O–H groups in total. The van der Waals surface area contributed by atoms with Gasteiger partial charge in [-0.2, -0.15) is 0 Å². The number of pyridine rings is 1. The highest BCUT2D eigenvalue weighted by Crippen LogP contribution is 2.19. The Hall–Kier alpha value is -2.62. The van der Waals surface area contributed by atoms with Gasteiger partial charge in [-0.15, -0.1) is 24.0 Å². The van der Waals surface area contributed by atoms with Crippen LogP contribution in [0.15, 0.2) is 64.3 Å². The van der Waals surface area contributed by atoms with Crippen LogP contribution in [0, 0.1) is 6.92 Å². The maximum atomic E-state index is 5.65. The molecule has 7 nitrogen and oxygen atoms in total. The first-order valence-electron chi connectivity index (χ1n) is 9.86. The lowest BCUT2D eigenvalue weighted by Gasteiger charge is -2.37. The summed E-state index contributed by atoms with van der Waals surface area (Å²) in [6.45, 7) is 6.25. The molecule has 30 heavy (non-hydrogen) atoms. The second-order valence-electron chi connectivity index (χ2n) is 7.07. The predicted octanol–water partition coefficient (Wildman–Crippen LogP) is 3.56. The van der Waals surface area contributed by atoms with Gasteiger partial charge in [0.1, 0.15) is 12.1 Å². The van der Waals surface area contributed by atoms with Gasteiger partial charge in [0, 0.05) is 45.0 Å². The van der Waals surface area contributed by atoms with Crippen LogP contribution in [0.3, 0.4) is 0 Å². The zero-order valence-corrected chi connectivity index (χ0v) is 19.6. The Labute approximate surface area is 194 Å². The van der Waals surface area contributed by atoms with E-state index in [-0.39, 0.29) is 24.0 Å². The van der Waals surface area contributed by atoms with Gasteiger partial charge in [-0.3, -0.25) is 4.99 Å². The molecule has 0 radical (unpaired) electrons. The molecule has 0 amide bonds. The summed E-state index contributed by atoms with van der Waals surface area (Å²) in [7, 11) is 1.81. The zero-order chi connectivity index (χ0) is 20.1. The third-order valence-electron chi connectivity index (χ3n) is 5.04. The van der Waals surface area contributed by atoms with Crippen molar-refractivity contribution in [1.29, 1.82) is 0 Å². The van der Waals surface area contributed by atoms with Gasteiger partial charge in [0.2, 0.25) is 5.89 Å². The number of aromatic nitrogens is 2. The number of nitrogens with zero attached hydrogens (tertiary/aromatic N) is 5. The second-order valence-corrected chi connectivity index (χ2v) is 7.07. The van der Waals surface area contributed by atoms with Crippen molar-refractivity contribution in [3.63, 3.8) is 0 Å². The number of halogens is 1. The van der Waals surface area contributed by atoms with E-state index in [2.05, 4.69) is 55.2 Å². The van der Waals surface area contributed by atoms with Gasteiger partial charge < -0.3 is 19.5 Å². The molecule has 8 heteroatoms. The highest BCUT2D eigenvalue weighted by Gasteiger charge is 2.20. The number of oxazole rings is 1. The van der Waals surface area contributed by atoms with Crippen molar-refractivity contribution in [3.8, 4) is 11.5 Å². The maximum absolute atomic E-state index is 5.65. The Morgan fingerprint density at radius 2 is 1.87 bits per heavy atom. The van der Waals surface area contributed by atoms with E-state index in [9.17, 15) is 0 Å². The summed E-state index contributed by atoms with van der Waals surface area (Å²) in [4.78, 5) is 18.0. The summed E-state index contributed by atoms with van der Waals surface area (Å²) in [6, 6.07) is 14.2. The van der Waals surface area contributed by atoms with Crippen molar-refractivity contribution in [2.24, 2.45) is 4.99 Å². The lowest BCUT2D eigenvalue weighted by Crippen LogP contribution is -2.52. The van der Waals surface area contributed by atoms with Gasteiger partial charge in [0.15, 0.2) is 5.96 Å². The van der Waals surface area contributed by atoms with Crippen molar-refractivity contribution in [1.82, 2.24) is 20.2 Å². The van der Waals surface area contributed by atoms with Crippen LogP contribution in [0.4, 0.5) is 5.82 Å². The van der Waals surface area contributed by atoms with Gasteiger partial charge in [-0.1, -0.05) is 23.8 Å². The molecule has 0 unspecified atom stereocenters. The number of anilines is 1. The molecular weight excluding hydrogens is 491 g/mol. The van der Waals surface area contributed by atoms with Crippen LogP contribution in [0.1, 0.15) is 11.3 Å². The van der Waals surface area contributed by atoms with E-state index in [1.165, 1.54) is 5.56 Å². The molecule has 158 valence electrons. The summed E-state index contributed by atoms with van der Waals surface area (Å²) in [5, 5.41) is 3.40. The topological polar surface area (TPSA) is 69.8 Å². The van der Waals surface area contributed by atoms with Crippen LogP contribution in [0.2, 0.25) is 0 Å². The number of rotatable bonds is 4. The minimum absolute atomic E-state index is 0. The lowest BCUT2D eigenvalue weighted by atomic mass is 10.1. The minimum Gasteiger partial charge on any atom is -0.444 e. The SMILES string of the molecule is CN=C(NCc1coc(-c2ccc(C)cc2)n1)N1CCN(c2ccccn2)CC1.I.